The summed E-state index contributed by atoms with van der Waals surface area (Å²) >= 11 is 0. The van der Waals surface area contributed by atoms with Crippen LogP contribution in [0.1, 0.15) is 20.3 Å². The van der Waals surface area contributed by atoms with Crippen LogP contribution >= 0.6 is 0 Å². The average Bonchev–Trinajstić information content (AvgIpc) is 2.26. The molecule has 0 bridgehead atoms. The maximum absolute atomic E-state index is 13.6. The van der Waals surface area contributed by atoms with Crippen molar-refractivity contribution in [2.45, 2.75) is 31.2 Å². The van der Waals surface area contributed by atoms with Crippen molar-refractivity contribution in [3.8, 4) is 0 Å². The molecule has 0 aromatic heterocycles. The van der Waals surface area contributed by atoms with Gasteiger partial charge in [0.1, 0.15) is 10.7 Å². The van der Waals surface area contributed by atoms with Crippen molar-refractivity contribution in [2.75, 3.05) is 20.6 Å². The van der Waals surface area contributed by atoms with Crippen LogP contribution in [-0.2, 0) is 10.0 Å². The summed E-state index contributed by atoms with van der Waals surface area (Å²) in [5.74, 6) is -0.378. The molecule has 0 saturated carbocycles. The van der Waals surface area contributed by atoms with Crippen molar-refractivity contribution in [2.24, 2.45) is 5.92 Å². The fourth-order valence-electron chi connectivity index (χ4n) is 2.12. The molecule has 1 unspecified atom stereocenters. The van der Waals surface area contributed by atoms with E-state index in [0.29, 0.717) is 18.9 Å². The summed E-state index contributed by atoms with van der Waals surface area (Å²) in [4.78, 5) is 1.62. The van der Waals surface area contributed by atoms with Crippen molar-refractivity contribution >= 4 is 10.0 Å². The van der Waals surface area contributed by atoms with Crippen LogP contribution in [0.4, 0.5) is 4.39 Å². The molecule has 0 aliphatic carbocycles. The molecule has 1 rings (SSSR count). The number of hydrogen-bond donors (Lipinski definition) is 1. The molecule has 20 heavy (non-hydrogen) atoms. The molecule has 0 heterocycles. The van der Waals surface area contributed by atoms with Gasteiger partial charge in [-0.15, -0.1) is 0 Å². The van der Waals surface area contributed by atoms with E-state index in [2.05, 4.69) is 4.72 Å². The summed E-state index contributed by atoms with van der Waals surface area (Å²) < 4.78 is 40.7. The van der Waals surface area contributed by atoms with Crippen molar-refractivity contribution in [3.63, 3.8) is 0 Å². The van der Waals surface area contributed by atoms with Crippen LogP contribution in [0.25, 0.3) is 0 Å². The van der Waals surface area contributed by atoms with Gasteiger partial charge in [0.15, 0.2) is 0 Å². The Morgan fingerprint density at radius 1 is 1.25 bits per heavy atom. The summed E-state index contributed by atoms with van der Waals surface area (Å²) in [5.41, 5.74) is 0. The predicted molar refractivity (Wildman–Crippen MR) is 78.5 cm³/mol. The van der Waals surface area contributed by atoms with Crippen LogP contribution in [-0.4, -0.2) is 40.0 Å². The highest BCUT2D eigenvalue weighted by atomic mass is 32.2. The van der Waals surface area contributed by atoms with Gasteiger partial charge in [0, 0.05) is 12.6 Å². The van der Waals surface area contributed by atoms with E-state index in [1.165, 1.54) is 18.2 Å². The average molecular weight is 302 g/mol. The second-order valence-electron chi connectivity index (χ2n) is 5.64. The number of sulfonamides is 1. The van der Waals surface area contributed by atoms with Crippen LogP contribution in [0.5, 0.6) is 0 Å². The second kappa shape index (κ2) is 7.15. The Kier molecular flexibility index (Phi) is 6.10. The molecule has 114 valence electrons. The summed E-state index contributed by atoms with van der Waals surface area (Å²) in [6.45, 7) is 4.63. The zero-order valence-electron chi connectivity index (χ0n) is 12.4. The summed E-state index contributed by atoms with van der Waals surface area (Å²) in [6.07, 6.45) is 0.700. The SMILES string of the molecule is CC(C)CC(CN(C)C)NS(=O)(=O)c1ccccc1F. The third-order valence-electron chi connectivity index (χ3n) is 2.79. The number of hydrogen-bond acceptors (Lipinski definition) is 3. The van der Waals surface area contributed by atoms with E-state index in [4.69, 9.17) is 0 Å². The molecule has 1 aromatic rings. The first-order valence-corrected chi connectivity index (χ1v) is 8.12. The number of nitrogens with one attached hydrogen (secondary N) is 1. The highest BCUT2D eigenvalue weighted by Gasteiger charge is 2.23. The van der Waals surface area contributed by atoms with Crippen molar-refractivity contribution in [3.05, 3.63) is 30.1 Å². The zero-order chi connectivity index (χ0) is 15.3. The molecule has 0 aliphatic rings. The molecule has 0 amide bonds. The largest absolute Gasteiger partial charge is 0.308 e. The van der Waals surface area contributed by atoms with Crippen LogP contribution in [0, 0.1) is 11.7 Å². The van der Waals surface area contributed by atoms with Gasteiger partial charge in [0.05, 0.1) is 0 Å². The smallest absolute Gasteiger partial charge is 0.243 e. The molecule has 1 N–H and O–H groups in total. The molecule has 1 aromatic carbocycles. The van der Waals surface area contributed by atoms with E-state index in [0.717, 1.165) is 6.07 Å². The maximum Gasteiger partial charge on any atom is 0.243 e. The monoisotopic (exact) mass is 302 g/mol. The second-order valence-corrected chi connectivity index (χ2v) is 7.32. The van der Waals surface area contributed by atoms with Crippen LogP contribution in [0.3, 0.4) is 0 Å². The van der Waals surface area contributed by atoms with Crippen LogP contribution < -0.4 is 4.72 Å². The van der Waals surface area contributed by atoms with Gasteiger partial charge in [0.25, 0.3) is 0 Å². The summed E-state index contributed by atoms with van der Waals surface area (Å²) in [5, 5.41) is 0. The molecule has 0 fully saturated rings. The van der Waals surface area contributed by atoms with Gasteiger partial charge in [-0.05, 0) is 38.6 Å². The van der Waals surface area contributed by atoms with Gasteiger partial charge in [-0.25, -0.2) is 17.5 Å². The van der Waals surface area contributed by atoms with Gasteiger partial charge in [-0.3, -0.25) is 0 Å². The number of nitrogens with zero attached hydrogens (tertiary/aromatic N) is 1. The molecule has 6 heteroatoms. The molecule has 0 radical (unpaired) electrons. The first-order valence-electron chi connectivity index (χ1n) is 6.64. The predicted octanol–water partition coefficient (Wildman–Crippen LogP) is 2.08. The molecule has 1 atom stereocenters. The lowest BCUT2D eigenvalue weighted by molar-refractivity contribution is 0.329. The standard InChI is InChI=1S/C14H23FN2O2S/c1-11(2)9-12(10-17(3)4)16-20(18,19)14-8-6-5-7-13(14)15/h5-8,11-12,16H,9-10H2,1-4H3. The Balaban J connectivity index is 2.94. The highest BCUT2D eigenvalue weighted by Crippen LogP contribution is 2.15. The zero-order valence-corrected chi connectivity index (χ0v) is 13.2. The van der Waals surface area contributed by atoms with E-state index in [9.17, 15) is 12.8 Å². The fraction of sp³-hybridized carbons (Fsp3) is 0.571. The van der Waals surface area contributed by atoms with Gasteiger partial charge >= 0.3 is 0 Å². The minimum atomic E-state index is -3.83. The lowest BCUT2D eigenvalue weighted by Crippen LogP contribution is -2.42. The van der Waals surface area contributed by atoms with Gasteiger partial charge in [0.2, 0.25) is 10.0 Å². The maximum atomic E-state index is 13.6. The molecule has 4 nitrogen and oxygen atoms in total. The lowest BCUT2D eigenvalue weighted by Gasteiger charge is -2.23. The molecular formula is C14H23FN2O2S. The minimum absolute atomic E-state index is 0.241. The number of likely N-dealkylation sites (N-methyl/N-ethyl adjacent to an activating group) is 1. The van der Waals surface area contributed by atoms with E-state index in [1.54, 1.807) is 0 Å². The van der Waals surface area contributed by atoms with Gasteiger partial charge in [-0.1, -0.05) is 26.0 Å². The lowest BCUT2D eigenvalue weighted by atomic mass is 10.0. The highest BCUT2D eigenvalue weighted by molar-refractivity contribution is 7.89. The Bertz CT molecular complexity index is 520. The Morgan fingerprint density at radius 3 is 2.35 bits per heavy atom. The normalized spacial score (nSPS) is 13.9. The quantitative estimate of drug-likeness (QED) is 0.839. The van der Waals surface area contributed by atoms with E-state index in [1.807, 2.05) is 32.8 Å². The van der Waals surface area contributed by atoms with Crippen molar-refractivity contribution in [1.29, 1.82) is 0 Å². The van der Waals surface area contributed by atoms with Gasteiger partial charge < -0.3 is 4.90 Å². The van der Waals surface area contributed by atoms with E-state index in [-0.39, 0.29) is 10.9 Å². The van der Waals surface area contributed by atoms with Crippen LogP contribution in [0.15, 0.2) is 29.2 Å². The summed E-state index contributed by atoms with van der Waals surface area (Å²) in [7, 11) is -0.0737. The van der Waals surface area contributed by atoms with Crippen molar-refractivity contribution in [1.82, 2.24) is 9.62 Å². The third-order valence-corrected chi connectivity index (χ3v) is 4.34. The Hall–Kier alpha value is -0.980. The number of benzene rings is 1. The minimum Gasteiger partial charge on any atom is -0.308 e. The number of rotatable bonds is 7. The Morgan fingerprint density at radius 2 is 1.85 bits per heavy atom. The fourth-order valence-corrected chi connectivity index (χ4v) is 3.43. The van der Waals surface area contributed by atoms with E-state index < -0.39 is 15.8 Å². The molecule has 0 spiro atoms. The first-order chi connectivity index (χ1) is 9.22. The Labute approximate surface area is 121 Å². The summed E-state index contributed by atoms with van der Waals surface area (Å²) in [6, 6.07) is 5.17. The van der Waals surface area contributed by atoms with Crippen molar-refractivity contribution < 1.29 is 12.8 Å². The van der Waals surface area contributed by atoms with Crippen LogP contribution in [0.2, 0.25) is 0 Å². The number of halogens is 1. The topological polar surface area (TPSA) is 49.4 Å². The van der Waals surface area contributed by atoms with Gasteiger partial charge in [-0.2, -0.15) is 0 Å². The first kappa shape index (κ1) is 17.1. The molecular weight excluding hydrogens is 279 g/mol. The third kappa shape index (κ3) is 5.19. The molecule has 0 saturated heterocycles. The van der Waals surface area contributed by atoms with E-state index >= 15 is 0 Å². The molecule has 0 aliphatic heterocycles.